The number of halogens is 1. The fraction of sp³-hybridized carbons (Fsp3) is 0.143. The van der Waals surface area contributed by atoms with Gasteiger partial charge >= 0.3 is 0 Å². The molecule has 38 heavy (non-hydrogen) atoms. The molecule has 0 aliphatic carbocycles. The lowest BCUT2D eigenvalue weighted by Gasteiger charge is -2.32. The van der Waals surface area contributed by atoms with Gasteiger partial charge in [0.25, 0.3) is 0 Å². The normalized spacial score (nSPS) is 10.9. The summed E-state index contributed by atoms with van der Waals surface area (Å²) in [4.78, 5) is 4.67. The van der Waals surface area contributed by atoms with Crippen LogP contribution in [0, 0.1) is 34.6 Å². The van der Waals surface area contributed by atoms with Crippen molar-refractivity contribution in [2.75, 3.05) is 9.80 Å². The average Bonchev–Trinajstić information content (AvgIpc) is 2.91. The van der Waals surface area contributed by atoms with Crippen molar-refractivity contribution < 1.29 is 0 Å². The Bertz CT molecular complexity index is 1330. The van der Waals surface area contributed by atoms with Crippen LogP contribution >= 0.6 is 15.9 Å². The number of rotatable bonds is 6. The van der Waals surface area contributed by atoms with Crippen molar-refractivity contribution in [1.29, 1.82) is 0 Å². The molecule has 0 spiro atoms. The van der Waals surface area contributed by atoms with Crippen LogP contribution in [-0.2, 0) is 0 Å². The van der Waals surface area contributed by atoms with E-state index in [1.54, 1.807) is 0 Å². The number of nitrogens with zero attached hydrogens (tertiary/aromatic N) is 2. The Morgan fingerprint density at radius 1 is 0.368 bits per heavy atom. The van der Waals surface area contributed by atoms with Crippen molar-refractivity contribution in [3.63, 3.8) is 0 Å². The van der Waals surface area contributed by atoms with Gasteiger partial charge in [-0.1, -0.05) is 70.8 Å². The first-order chi connectivity index (χ1) is 18.3. The zero-order chi connectivity index (χ0) is 26.8. The molecule has 2 nitrogen and oxygen atoms in total. The maximum atomic E-state index is 4.08. The van der Waals surface area contributed by atoms with Gasteiger partial charge in [-0.05, 0) is 117 Å². The molecule has 5 aromatic carbocycles. The SMILES string of the molecule is Cc1ccc(N(c2ccc(C)cc2)c2cc(C)cc(N(c3ccc(C)cc3)c3ccc(C)cc3)c2Br)cc1. The molecule has 0 heterocycles. The van der Waals surface area contributed by atoms with E-state index in [-0.39, 0.29) is 0 Å². The number of hydrogen-bond donors (Lipinski definition) is 0. The summed E-state index contributed by atoms with van der Waals surface area (Å²) >= 11 is 4.08. The Kier molecular flexibility index (Phi) is 7.40. The van der Waals surface area contributed by atoms with E-state index in [1.165, 1.54) is 27.8 Å². The minimum atomic E-state index is 1.03. The lowest BCUT2D eigenvalue weighted by molar-refractivity contribution is 1.21. The summed E-state index contributed by atoms with van der Waals surface area (Å²) in [6, 6.07) is 39.5. The predicted octanol–water partition coefficient (Wildman–Crippen LogP) is 10.9. The molecule has 0 aliphatic rings. The number of anilines is 6. The highest BCUT2D eigenvalue weighted by Gasteiger charge is 2.22. The predicted molar refractivity (Wildman–Crippen MR) is 167 cm³/mol. The highest BCUT2D eigenvalue weighted by atomic mass is 79.9. The molecule has 0 fully saturated rings. The van der Waals surface area contributed by atoms with Gasteiger partial charge in [-0.15, -0.1) is 0 Å². The second kappa shape index (κ2) is 10.9. The van der Waals surface area contributed by atoms with E-state index in [0.717, 1.165) is 38.6 Å². The van der Waals surface area contributed by atoms with Crippen molar-refractivity contribution >= 4 is 50.1 Å². The van der Waals surface area contributed by atoms with Crippen LogP contribution in [0.1, 0.15) is 27.8 Å². The van der Waals surface area contributed by atoms with Gasteiger partial charge in [0.1, 0.15) is 0 Å². The Morgan fingerprint density at radius 2 is 0.605 bits per heavy atom. The molecule has 0 bridgehead atoms. The maximum Gasteiger partial charge on any atom is 0.0657 e. The Hall–Kier alpha value is -3.82. The van der Waals surface area contributed by atoms with Gasteiger partial charge in [0.2, 0.25) is 0 Å². The van der Waals surface area contributed by atoms with E-state index in [9.17, 15) is 0 Å². The van der Waals surface area contributed by atoms with E-state index >= 15 is 0 Å². The van der Waals surface area contributed by atoms with Gasteiger partial charge in [-0.3, -0.25) is 0 Å². The average molecular weight is 562 g/mol. The van der Waals surface area contributed by atoms with Crippen LogP contribution in [0.2, 0.25) is 0 Å². The van der Waals surface area contributed by atoms with E-state index in [0.29, 0.717) is 0 Å². The van der Waals surface area contributed by atoms with Crippen molar-refractivity contribution in [2.45, 2.75) is 34.6 Å². The van der Waals surface area contributed by atoms with E-state index < -0.39 is 0 Å². The molecule has 0 aliphatic heterocycles. The summed E-state index contributed by atoms with van der Waals surface area (Å²) in [5.41, 5.74) is 12.8. The number of hydrogen-bond acceptors (Lipinski definition) is 2. The lowest BCUT2D eigenvalue weighted by Crippen LogP contribution is -2.15. The fourth-order valence-electron chi connectivity index (χ4n) is 4.69. The molecule has 3 heteroatoms. The lowest BCUT2D eigenvalue weighted by atomic mass is 10.1. The number of benzene rings is 5. The summed E-state index contributed by atoms with van der Waals surface area (Å²) in [5, 5.41) is 0. The van der Waals surface area contributed by atoms with Gasteiger partial charge in [0.05, 0.1) is 15.8 Å². The summed E-state index contributed by atoms with van der Waals surface area (Å²) in [5.74, 6) is 0. The minimum Gasteiger partial charge on any atom is -0.309 e. The molecule has 0 radical (unpaired) electrons. The summed E-state index contributed by atoms with van der Waals surface area (Å²) in [7, 11) is 0. The maximum absolute atomic E-state index is 4.08. The molecule has 5 rings (SSSR count). The van der Waals surface area contributed by atoms with Gasteiger partial charge in [0, 0.05) is 22.7 Å². The van der Waals surface area contributed by atoms with E-state index in [1.807, 2.05) is 0 Å². The number of aryl methyl sites for hydroxylation is 5. The fourth-order valence-corrected chi connectivity index (χ4v) is 5.27. The van der Waals surface area contributed by atoms with Gasteiger partial charge in [-0.25, -0.2) is 0 Å². The second-order valence-electron chi connectivity index (χ2n) is 10.1. The van der Waals surface area contributed by atoms with Crippen LogP contribution in [0.15, 0.2) is 114 Å². The van der Waals surface area contributed by atoms with Crippen LogP contribution < -0.4 is 9.80 Å². The highest BCUT2D eigenvalue weighted by Crippen LogP contribution is 2.47. The molecule has 0 saturated carbocycles. The Labute approximate surface area is 235 Å². The molecule has 0 amide bonds. The van der Waals surface area contributed by atoms with E-state index in [2.05, 4.69) is 170 Å². The molecule has 0 N–H and O–H groups in total. The zero-order valence-corrected chi connectivity index (χ0v) is 24.3. The first-order valence-electron chi connectivity index (χ1n) is 13.0. The molecule has 190 valence electrons. The third-order valence-corrected chi connectivity index (χ3v) is 7.64. The summed E-state index contributed by atoms with van der Waals surface area (Å²) in [6.07, 6.45) is 0. The monoisotopic (exact) mass is 560 g/mol. The largest absolute Gasteiger partial charge is 0.309 e. The highest BCUT2D eigenvalue weighted by molar-refractivity contribution is 9.10. The summed E-state index contributed by atoms with van der Waals surface area (Å²) < 4.78 is 1.03. The molecular weight excluding hydrogens is 528 g/mol. The standard InChI is InChI=1S/C35H33BrN2/c1-24-6-14-29(15-7-24)37(30-16-8-25(2)9-17-30)33-22-28(5)23-34(35(33)36)38(31-18-10-26(3)11-19-31)32-20-12-27(4)13-21-32/h6-23H,1-5H3. The third-order valence-electron chi connectivity index (χ3n) is 6.83. The van der Waals surface area contributed by atoms with Gasteiger partial charge in [0.15, 0.2) is 0 Å². The molecule has 0 aromatic heterocycles. The molecule has 0 saturated heterocycles. The zero-order valence-electron chi connectivity index (χ0n) is 22.7. The van der Waals surface area contributed by atoms with E-state index in [4.69, 9.17) is 0 Å². The smallest absolute Gasteiger partial charge is 0.0657 e. The third kappa shape index (κ3) is 5.39. The molecule has 5 aromatic rings. The van der Waals surface area contributed by atoms with Crippen molar-refractivity contribution in [3.8, 4) is 0 Å². The molecule has 0 atom stereocenters. The topological polar surface area (TPSA) is 6.48 Å². The van der Waals surface area contributed by atoms with Crippen LogP contribution in [0.25, 0.3) is 0 Å². The van der Waals surface area contributed by atoms with Crippen molar-refractivity contribution in [2.24, 2.45) is 0 Å². The van der Waals surface area contributed by atoms with Crippen LogP contribution in [0.3, 0.4) is 0 Å². The van der Waals surface area contributed by atoms with Crippen LogP contribution in [0.4, 0.5) is 34.1 Å². The first-order valence-corrected chi connectivity index (χ1v) is 13.8. The van der Waals surface area contributed by atoms with Crippen molar-refractivity contribution in [1.82, 2.24) is 0 Å². The quantitative estimate of drug-likeness (QED) is 0.203. The Morgan fingerprint density at radius 3 is 0.842 bits per heavy atom. The van der Waals surface area contributed by atoms with Crippen LogP contribution in [0.5, 0.6) is 0 Å². The van der Waals surface area contributed by atoms with Gasteiger partial charge in [-0.2, -0.15) is 0 Å². The first kappa shape index (κ1) is 25.8. The Balaban J connectivity index is 1.74. The minimum absolute atomic E-state index is 1.03. The van der Waals surface area contributed by atoms with Gasteiger partial charge < -0.3 is 9.80 Å². The molecule has 0 unspecified atom stereocenters. The summed E-state index contributed by atoms with van der Waals surface area (Å²) in [6.45, 7) is 10.7. The van der Waals surface area contributed by atoms with Crippen molar-refractivity contribution in [3.05, 3.63) is 141 Å². The van der Waals surface area contributed by atoms with Crippen LogP contribution in [-0.4, -0.2) is 0 Å². The second-order valence-corrected chi connectivity index (χ2v) is 10.9. The molecular formula is C35H33BrN2.